The van der Waals surface area contributed by atoms with E-state index < -0.39 is 4.92 Å². The van der Waals surface area contributed by atoms with Crippen LogP contribution in [0.1, 0.15) is 16.2 Å². The summed E-state index contributed by atoms with van der Waals surface area (Å²) in [5.41, 5.74) is 0.261. The van der Waals surface area contributed by atoms with Crippen molar-refractivity contribution in [2.24, 2.45) is 0 Å². The van der Waals surface area contributed by atoms with Gasteiger partial charge in [0.15, 0.2) is 0 Å². The number of morpholine rings is 1. The van der Waals surface area contributed by atoms with E-state index in [0.29, 0.717) is 50.8 Å². The molecule has 2 saturated heterocycles. The number of hydrogen-bond acceptors (Lipinski definition) is 8. The largest absolute Gasteiger partial charge is 0.378 e. The molecule has 0 N–H and O–H groups in total. The average molecular weight is 412 g/mol. The summed E-state index contributed by atoms with van der Waals surface area (Å²) in [5, 5.41) is 11.0. The summed E-state index contributed by atoms with van der Waals surface area (Å²) in [7, 11) is 0. The number of aryl methyl sites for hydroxylation is 1. The third kappa shape index (κ3) is 4.33. The molecule has 2 fully saturated rings. The molecule has 3 heterocycles. The lowest BCUT2D eigenvalue weighted by atomic mass is 10.1. The first-order valence-electron chi connectivity index (χ1n) is 9.98. The van der Waals surface area contributed by atoms with Gasteiger partial charge in [0.2, 0.25) is 0 Å². The Morgan fingerprint density at radius 1 is 1.00 bits per heavy atom. The van der Waals surface area contributed by atoms with E-state index in [1.165, 1.54) is 12.1 Å². The van der Waals surface area contributed by atoms with Gasteiger partial charge in [-0.2, -0.15) is 0 Å². The topological polar surface area (TPSA) is 105 Å². The van der Waals surface area contributed by atoms with E-state index in [4.69, 9.17) is 4.74 Å². The molecule has 0 saturated carbocycles. The molecule has 10 nitrogen and oxygen atoms in total. The zero-order chi connectivity index (χ0) is 21.1. The van der Waals surface area contributed by atoms with Gasteiger partial charge in [-0.25, -0.2) is 9.97 Å². The van der Waals surface area contributed by atoms with E-state index in [1.54, 1.807) is 17.0 Å². The van der Waals surface area contributed by atoms with E-state index in [-0.39, 0.29) is 11.6 Å². The summed E-state index contributed by atoms with van der Waals surface area (Å²) < 4.78 is 5.42. The normalized spacial score (nSPS) is 17.2. The minimum absolute atomic E-state index is 0.0772. The fourth-order valence-electron chi connectivity index (χ4n) is 3.73. The van der Waals surface area contributed by atoms with Gasteiger partial charge in [0.1, 0.15) is 17.5 Å². The maximum Gasteiger partial charge on any atom is 0.270 e. The second kappa shape index (κ2) is 8.62. The molecule has 2 aliphatic heterocycles. The van der Waals surface area contributed by atoms with E-state index >= 15 is 0 Å². The lowest BCUT2D eigenvalue weighted by Gasteiger charge is -2.36. The second-order valence-electron chi connectivity index (χ2n) is 7.32. The van der Waals surface area contributed by atoms with E-state index in [9.17, 15) is 14.9 Å². The van der Waals surface area contributed by atoms with E-state index in [2.05, 4.69) is 19.8 Å². The predicted octanol–water partition coefficient (Wildman–Crippen LogP) is 1.49. The molecule has 0 spiro atoms. The van der Waals surface area contributed by atoms with Crippen LogP contribution in [0.5, 0.6) is 0 Å². The molecule has 10 heteroatoms. The minimum atomic E-state index is -0.488. The third-order valence-corrected chi connectivity index (χ3v) is 5.34. The standard InChI is InChI=1S/C20H24N6O4/c1-15-21-18(14-19(22-15)24-9-11-30-12-10-24)23-5-7-25(8-6-23)20(27)16-3-2-4-17(13-16)26(28)29/h2-4,13-14H,5-12H2,1H3. The number of carbonyl (C=O) groups excluding carboxylic acids is 1. The Morgan fingerprint density at radius 3 is 2.27 bits per heavy atom. The van der Waals surface area contributed by atoms with Gasteiger partial charge in [-0.05, 0) is 13.0 Å². The highest BCUT2D eigenvalue weighted by Crippen LogP contribution is 2.22. The molecule has 1 aromatic heterocycles. The van der Waals surface area contributed by atoms with Gasteiger partial charge < -0.3 is 19.4 Å². The maximum atomic E-state index is 12.8. The molecule has 2 aliphatic rings. The van der Waals surface area contributed by atoms with Gasteiger partial charge in [0.25, 0.3) is 11.6 Å². The van der Waals surface area contributed by atoms with Gasteiger partial charge in [0, 0.05) is 63.0 Å². The van der Waals surface area contributed by atoms with Crippen molar-refractivity contribution in [1.82, 2.24) is 14.9 Å². The number of benzene rings is 1. The van der Waals surface area contributed by atoms with Crippen LogP contribution in [0.25, 0.3) is 0 Å². The predicted molar refractivity (Wildman–Crippen MR) is 111 cm³/mol. The van der Waals surface area contributed by atoms with Crippen LogP contribution in [0.2, 0.25) is 0 Å². The molecule has 4 rings (SSSR count). The Kier molecular flexibility index (Phi) is 5.75. The molecule has 0 atom stereocenters. The number of hydrogen-bond donors (Lipinski definition) is 0. The number of amides is 1. The minimum Gasteiger partial charge on any atom is -0.378 e. The van der Waals surface area contributed by atoms with Crippen molar-refractivity contribution in [2.75, 3.05) is 62.3 Å². The first kappa shape index (κ1) is 20.0. The van der Waals surface area contributed by atoms with Gasteiger partial charge >= 0.3 is 0 Å². The summed E-state index contributed by atoms with van der Waals surface area (Å²) in [6.45, 7) is 7.21. The van der Waals surface area contributed by atoms with Crippen LogP contribution in [0, 0.1) is 17.0 Å². The van der Waals surface area contributed by atoms with Gasteiger partial charge in [-0.15, -0.1) is 0 Å². The molecular formula is C20H24N6O4. The number of ether oxygens (including phenoxy) is 1. The Hall–Kier alpha value is -3.27. The number of aromatic nitrogens is 2. The fourth-order valence-corrected chi connectivity index (χ4v) is 3.73. The number of non-ortho nitro benzene ring substituents is 1. The lowest BCUT2D eigenvalue weighted by Crippen LogP contribution is -2.49. The van der Waals surface area contributed by atoms with Gasteiger partial charge in [-0.1, -0.05) is 6.07 Å². The average Bonchev–Trinajstić information content (AvgIpc) is 2.79. The quantitative estimate of drug-likeness (QED) is 0.549. The van der Waals surface area contributed by atoms with Crippen LogP contribution >= 0.6 is 0 Å². The summed E-state index contributed by atoms with van der Waals surface area (Å²) in [6, 6.07) is 7.87. The Bertz CT molecular complexity index is 939. The molecule has 0 unspecified atom stereocenters. The third-order valence-electron chi connectivity index (χ3n) is 5.34. The summed E-state index contributed by atoms with van der Waals surface area (Å²) in [5.74, 6) is 2.28. The van der Waals surface area contributed by atoms with E-state index in [0.717, 1.165) is 24.7 Å². The Morgan fingerprint density at radius 2 is 1.63 bits per heavy atom. The summed E-state index contributed by atoms with van der Waals surface area (Å²) in [4.78, 5) is 38.5. The molecule has 30 heavy (non-hydrogen) atoms. The molecule has 0 bridgehead atoms. The molecule has 2 aromatic rings. The number of nitrogens with zero attached hydrogens (tertiary/aromatic N) is 6. The lowest BCUT2D eigenvalue weighted by molar-refractivity contribution is -0.384. The Labute approximate surface area is 174 Å². The summed E-state index contributed by atoms with van der Waals surface area (Å²) in [6.07, 6.45) is 0. The van der Waals surface area contributed by atoms with Crippen LogP contribution in [0.15, 0.2) is 30.3 Å². The molecule has 1 amide bonds. The smallest absolute Gasteiger partial charge is 0.270 e. The fraction of sp³-hybridized carbons (Fsp3) is 0.450. The number of piperazine rings is 1. The molecule has 0 radical (unpaired) electrons. The monoisotopic (exact) mass is 412 g/mol. The van der Waals surface area contributed by atoms with E-state index in [1.807, 2.05) is 13.0 Å². The van der Waals surface area contributed by atoms with Crippen LogP contribution in [0.3, 0.4) is 0 Å². The number of anilines is 2. The highest BCUT2D eigenvalue weighted by atomic mass is 16.6. The SMILES string of the molecule is Cc1nc(N2CCOCC2)cc(N2CCN(C(=O)c3cccc([N+](=O)[O-])c3)CC2)n1. The summed E-state index contributed by atoms with van der Waals surface area (Å²) >= 11 is 0. The first-order valence-corrected chi connectivity index (χ1v) is 9.98. The van der Waals surface area contributed by atoms with Crippen LogP contribution in [-0.2, 0) is 4.74 Å². The van der Waals surface area contributed by atoms with Crippen molar-refractivity contribution < 1.29 is 14.5 Å². The molecular weight excluding hydrogens is 388 g/mol. The Balaban J connectivity index is 1.43. The van der Waals surface area contributed by atoms with Crippen molar-refractivity contribution in [1.29, 1.82) is 0 Å². The van der Waals surface area contributed by atoms with Crippen LogP contribution in [-0.4, -0.2) is 78.2 Å². The second-order valence-corrected chi connectivity index (χ2v) is 7.32. The number of nitro benzene ring substituents is 1. The highest BCUT2D eigenvalue weighted by molar-refractivity contribution is 5.95. The van der Waals surface area contributed by atoms with Crippen molar-refractivity contribution in [3.63, 3.8) is 0 Å². The number of rotatable bonds is 4. The van der Waals surface area contributed by atoms with Gasteiger partial charge in [0.05, 0.1) is 18.1 Å². The molecule has 158 valence electrons. The van der Waals surface area contributed by atoms with Gasteiger partial charge in [-0.3, -0.25) is 14.9 Å². The molecule has 0 aliphatic carbocycles. The number of carbonyl (C=O) groups is 1. The van der Waals surface area contributed by atoms with Crippen LogP contribution < -0.4 is 9.80 Å². The van der Waals surface area contributed by atoms with Crippen molar-refractivity contribution in [3.8, 4) is 0 Å². The van der Waals surface area contributed by atoms with Crippen molar-refractivity contribution in [3.05, 3.63) is 51.8 Å². The van der Waals surface area contributed by atoms with Crippen molar-refractivity contribution >= 4 is 23.2 Å². The zero-order valence-electron chi connectivity index (χ0n) is 16.9. The van der Waals surface area contributed by atoms with Crippen LogP contribution in [0.4, 0.5) is 17.3 Å². The van der Waals surface area contributed by atoms with Crippen molar-refractivity contribution in [2.45, 2.75) is 6.92 Å². The zero-order valence-corrected chi connectivity index (χ0v) is 16.9. The number of nitro groups is 1. The first-order chi connectivity index (χ1) is 14.5. The molecule has 1 aromatic carbocycles. The highest BCUT2D eigenvalue weighted by Gasteiger charge is 2.25. The maximum absolute atomic E-state index is 12.8.